The molecule has 0 fully saturated rings. The van der Waals surface area contributed by atoms with Crippen molar-refractivity contribution in [2.75, 3.05) is 5.73 Å². The van der Waals surface area contributed by atoms with Gasteiger partial charge in [-0.3, -0.25) is 4.57 Å². The van der Waals surface area contributed by atoms with Crippen molar-refractivity contribution in [2.24, 2.45) is 0 Å². The maximum absolute atomic E-state index is 13.1. The van der Waals surface area contributed by atoms with Crippen molar-refractivity contribution in [1.29, 1.82) is 0 Å². The molecule has 5 nitrogen and oxygen atoms in total. The minimum Gasteiger partial charge on any atom is -0.398 e. The number of thioether (sulfide) groups is 1. The lowest BCUT2D eigenvalue weighted by Gasteiger charge is -2.06. The predicted octanol–water partition coefficient (Wildman–Crippen LogP) is 1.99. The second-order valence-electron chi connectivity index (χ2n) is 4.09. The standard InChI is InChI=1S/C12H15FN4OS/c1-2-5-17-11(18)15-16-12(17)19-7-8-6-9(13)3-4-10(8)14/h3-4,6H,2,5,7,14H2,1H3,(H,15,18). The summed E-state index contributed by atoms with van der Waals surface area (Å²) in [4.78, 5) is 11.5. The van der Waals surface area contributed by atoms with E-state index in [-0.39, 0.29) is 11.5 Å². The summed E-state index contributed by atoms with van der Waals surface area (Å²) in [5, 5.41) is 6.96. The fourth-order valence-electron chi connectivity index (χ4n) is 1.68. The Morgan fingerprint density at radius 1 is 1.53 bits per heavy atom. The number of halogens is 1. The van der Waals surface area contributed by atoms with Crippen LogP contribution in [0.2, 0.25) is 0 Å². The lowest BCUT2D eigenvalue weighted by atomic mass is 10.2. The minimum absolute atomic E-state index is 0.225. The van der Waals surface area contributed by atoms with Gasteiger partial charge in [-0.05, 0) is 30.2 Å². The van der Waals surface area contributed by atoms with E-state index in [0.29, 0.717) is 28.7 Å². The number of nitrogens with zero attached hydrogens (tertiary/aromatic N) is 2. The maximum Gasteiger partial charge on any atom is 0.343 e. The van der Waals surface area contributed by atoms with Gasteiger partial charge in [0, 0.05) is 18.0 Å². The number of hydrogen-bond acceptors (Lipinski definition) is 4. The van der Waals surface area contributed by atoms with Crippen LogP contribution < -0.4 is 11.4 Å². The average Bonchev–Trinajstić information content (AvgIpc) is 2.73. The molecule has 0 unspecified atom stereocenters. The molecular formula is C12H15FN4OS. The van der Waals surface area contributed by atoms with Gasteiger partial charge < -0.3 is 5.73 Å². The Bertz CT molecular complexity index is 622. The molecule has 0 aliphatic carbocycles. The van der Waals surface area contributed by atoms with E-state index in [0.717, 1.165) is 6.42 Å². The summed E-state index contributed by atoms with van der Waals surface area (Å²) in [5.74, 6) is 0.148. The van der Waals surface area contributed by atoms with Crippen molar-refractivity contribution in [3.05, 3.63) is 40.1 Å². The summed E-state index contributed by atoms with van der Waals surface area (Å²) < 4.78 is 14.7. The monoisotopic (exact) mass is 282 g/mol. The molecule has 3 N–H and O–H groups in total. The number of nitrogens with two attached hydrogens (primary N) is 1. The molecule has 2 rings (SSSR count). The summed E-state index contributed by atoms with van der Waals surface area (Å²) in [6, 6.07) is 4.26. The highest BCUT2D eigenvalue weighted by Crippen LogP contribution is 2.24. The van der Waals surface area contributed by atoms with Crippen LogP contribution >= 0.6 is 11.8 Å². The molecule has 1 aromatic heterocycles. The second-order valence-corrected chi connectivity index (χ2v) is 5.04. The van der Waals surface area contributed by atoms with E-state index in [4.69, 9.17) is 5.73 Å². The highest BCUT2D eigenvalue weighted by atomic mass is 32.2. The van der Waals surface area contributed by atoms with Crippen LogP contribution in [0.4, 0.5) is 10.1 Å². The summed E-state index contributed by atoms with van der Waals surface area (Å²) in [6.45, 7) is 2.59. The van der Waals surface area contributed by atoms with Gasteiger partial charge in [0.1, 0.15) is 5.82 Å². The lowest BCUT2D eigenvalue weighted by molar-refractivity contribution is 0.603. The smallest absolute Gasteiger partial charge is 0.343 e. The van der Waals surface area contributed by atoms with Gasteiger partial charge in [0.25, 0.3) is 0 Å². The molecule has 0 aliphatic heterocycles. The topological polar surface area (TPSA) is 76.7 Å². The molecule has 1 aromatic carbocycles. The van der Waals surface area contributed by atoms with Crippen LogP contribution in [-0.2, 0) is 12.3 Å². The van der Waals surface area contributed by atoms with Gasteiger partial charge in [0.2, 0.25) is 0 Å². The summed E-state index contributed by atoms with van der Waals surface area (Å²) in [7, 11) is 0. The molecule has 19 heavy (non-hydrogen) atoms. The fraction of sp³-hybridized carbons (Fsp3) is 0.333. The van der Waals surface area contributed by atoms with Gasteiger partial charge in [0.15, 0.2) is 5.16 Å². The van der Waals surface area contributed by atoms with Crippen molar-refractivity contribution < 1.29 is 4.39 Å². The van der Waals surface area contributed by atoms with Crippen LogP contribution in [0.5, 0.6) is 0 Å². The molecule has 102 valence electrons. The fourth-order valence-corrected chi connectivity index (χ4v) is 2.65. The van der Waals surface area contributed by atoms with Crippen LogP contribution in [0, 0.1) is 5.82 Å². The first-order chi connectivity index (χ1) is 9.11. The number of anilines is 1. The zero-order valence-corrected chi connectivity index (χ0v) is 11.3. The predicted molar refractivity (Wildman–Crippen MR) is 73.5 cm³/mol. The van der Waals surface area contributed by atoms with E-state index in [1.807, 2.05) is 6.92 Å². The first kappa shape index (κ1) is 13.7. The number of rotatable bonds is 5. The van der Waals surface area contributed by atoms with Gasteiger partial charge in [-0.15, -0.1) is 5.10 Å². The molecule has 0 radical (unpaired) electrons. The molecule has 0 spiro atoms. The molecule has 0 saturated carbocycles. The molecular weight excluding hydrogens is 267 g/mol. The Morgan fingerprint density at radius 2 is 2.32 bits per heavy atom. The van der Waals surface area contributed by atoms with E-state index >= 15 is 0 Å². The van der Waals surface area contributed by atoms with Crippen molar-refractivity contribution >= 4 is 17.4 Å². The highest BCUT2D eigenvalue weighted by molar-refractivity contribution is 7.98. The number of benzene rings is 1. The van der Waals surface area contributed by atoms with Crippen molar-refractivity contribution in [2.45, 2.75) is 30.8 Å². The van der Waals surface area contributed by atoms with Crippen molar-refractivity contribution in [3.63, 3.8) is 0 Å². The normalized spacial score (nSPS) is 10.8. The molecule has 0 bridgehead atoms. The molecule has 0 saturated heterocycles. The quantitative estimate of drug-likeness (QED) is 0.649. The van der Waals surface area contributed by atoms with Crippen LogP contribution in [0.1, 0.15) is 18.9 Å². The summed E-state index contributed by atoms with van der Waals surface area (Å²) in [5.41, 5.74) is 6.79. The highest BCUT2D eigenvalue weighted by Gasteiger charge is 2.09. The molecule has 0 atom stereocenters. The largest absolute Gasteiger partial charge is 0.398 e. The van der Waals surface area contributed by atoms with Gasteiger partial charge in [-0.1, -0.05) is 18.7 Å². The van der Waals surface area contributed by atoms with E-state index in [1.54, 1.807) is 4.57 Å². The van der Waals surface area contributed by atoms with Crippen LogP contribution in [0.25, 0.3) is 0 Å². The van der Waals surface area contributed by atoms with Crippen LogP contribution in [0.3, 0.4) is 0 Å². The second kappa shape index (κ2) is 5.92. The Hall–Kier alpha value is -1.76. The number of hydrogen-bond donors (Lipinski definition) is 2. The average molecular weight is 282 g/mol. The SMILES string of the molecule is CCCn1c(SCc2cc(F)ccc2N)n[nH]c1=O. The lowest BCUT2D eigenvalue weighted by Crippen LogP contribution is -2.17. The van der Waals surface area contributed by atoms with Crippen molar-refractivity contribution in [3.8, 4) is 0 Å². The van der Waals surface area contributed by atoms with E-state index < -0.39 is 0 Å². The zero-order valence-electron chi connectivity index (χ0n) is 10.5. The first-order valence-corrected chi connectivity index (χ1v) is 6.92. The number of aromatic amines is 1. The Morgan fingerprint density at radius 3 is 3.05 bits per heavy atom. The molecule has 0 aliphatic rings. The summed E-state index contributed by atoms with van der Waals surface area (Å²) >= 11 is 1.36. The third-order valence-corrected chi connectivity index (χ3v) is 3.66. The van der Waals surface area contributed by atoms with Crippen LogP contribution in [-0.4, -0.2) is 14.8 Å². The van der Waals surface area contributed by atoms with Crippen molar-refractivity contribution in [1.82, 2.24) is 14.8 Å². The third-order valence-electron chi connectivity index (χ3n) is 2.63. The maximum atomic E-state index is 13.1. The Kier molecular flexibility index (Phi) is 4.26. The Labute approximate surface area is 114 Å². The van der Waals surface area contributed by atoms with E-state index in [2.05, 4.69) is 10.2 Å². The molecule has 7 heteroatoms. The van der Waals surface area contributed by atoms with Gasteiger partial charge in [-0.25, -0.2) is 14.3 Å². The van der Waals surface area contributed by atoms with Gasteiger partial charge in [0.05, 0.1) is 0 Å². The zero-order chi connectivity index (χ0) is 13.8. The van der Waals surface area contributed by atoms with E-state index in [1.165, 1.54) is 30.0 Å². The summed E-state index contributed by atoms with van der Waals surface area (Å²) in [6.07, 6.45) is 0.842. The number of nitrogens with one attached hydrogen (secondary N) is 1. The van der Waals surface area contributed by atoms with Gasteiger partial charge in [-0.2, -0.15) is 0 Å². The third kappa shape index (κ3) is 3.17. The van der Waals surface area contributed by atoms with Gasteiger partial charge >= 0.3 is 5.69 Å². The number of aromatic nitrogens is 3. The number of nitrogen functional groups attached to an aromatic ring is 1. The number of H-pyrrole nitrogens is 1. The molecule has 1 heterocycles. The van der Waals surface area contributed by atoms with E-state index in [9.17, 15) is 9.18 Å². The minimum atomic E-state index is -0.322. The molecule has 0 amide bonds. The molecule has 2 aromatic rings. The van der Waals surface area contributed by atoms with Crippen LogP contribution in [0.15, 0.2) is 28.2 Å². The first-order valence-electron chi connectivity index (χ1n) is 5.93. The Balaban J connectivity index is 2.14.